The highest BCUT2D eigenvalue weighted by Gasteiger charge is 2.38. The van der Waals surface area contributed by atoms with Crippen LogP contribution in [0.25, 0.3) is 0 Å². The highest BCUT2D eigenvalue weighted by Crippen LogP contribution is 2.37. The molecule has 0 saturated heterocycles. The van der Waals surface area contributed by atoms with Crippen molar-refractivity contribution in [2.24, 2.45) is 17.6 Å². The number of hydrogen-bond donors (Lipinski definition) is 1. The Balaban J connectivity index is 2.78. The van der Waals surface area contributed by atoms with E-state index in [4.69, 9.17) is 5.73 Å². The van der Waals surface area contributed by atoms with Gasteiger partial charge in [-0.3, -0.25) is 4.79 Å². The number of primary amides is 1. The van der Waals surface area contributed by atoms with Crippen LogP contribution in [-0.2, 0) is 4.79 Å². The monoisotopic (exact) mass is 207 g/mol. The van der Waals surface area contributed by atoms with E-state index in [0.717, 1.165) is 6.08 Å². The van der Waals surface area contributed by atoms with Crippen LogP contribution >= 0.6 is 0 Å². The summed E-state index contributed by atoms with van der Waals surface area (Å²) in [6.45, 7) is 1.62. The van der Waals surface area contributed by atoms with Crippen LogP contribution in [-0.4, -0.2) is 12.1 Å². The van der Waals surface area contributed by atoms with Gasteiger partial charge in [0, 0.05) is 11.5 Å². The molecule has 0 saturated carbocycles. The molecule has 0 spiro atoms. The fraction of sp³-hybridized carbons (Fsp3) is 0.667. The highest BCUT2D eigenvalue weighted by atomic mass is 19.4. The first-order chi connectivity index (χ1) is 6.32. The Labute approximate surface area is 80.0 Å². The molecule has 0 fully saturated rings. The number of alkyl halides is 3. The maximum absolute atomic E-state index is 12.3. The van der Waals surface area contributed by atoms with E-state index in [9.17, 15) is 18.0 Å². The van der Waals surface area contributed by atoms with Crippen molar-refractivity contribution in [3.05, 3.63) is 11.6 Å². The van der Waals surface area contributed by atoms with E-state index in [0.29, 0.717) is 0 Å². The molecule has 0 aromatic rings. The summed E-state index contributed by atoms with van der Waals surface area (Å²) in [6.07, 6.45) is -3.20. The average Bonchev–Trinajstić information content (AvgIpc) is 2.01. The normalized spacial score (nSPS) is 28.4. The SMILES string of the molecule is CC1CC(C(F)(F)F)=CCC1C(N)=O. The summed E-state index contributed by atoms with van der Waals surface area (Å²) in [5, 5.41) is 0. The predicted molar refractivity (Wildman–Crippen MR) is 45.2 cm³/mol. The fourth-order valence-corrected chi connectivity index (χ4v) is 1.70. The van der Waals surface area contributed by atoms with Crippen LogP contribution in [0.4, 0.5) is 13.2 Å². The molecular formula is C9H12F3NO. The number of rotatable bonds is 1. The van der Waals surface area contributed by atoms with Crippen molar-refractivity contribution >= 4 is 5.91 Å². The van der Waals surface area contributed by atoms with E-state index >= 15 is 0 Å². The standard InChI is InChI=1S/C9H12F3NO/c1-5-4-6(9(10,11)12)2-3-7(5)8(13)14/h2,5,7H,3-4H2,1H3,(H2,13,14). The Morgan fingerprint density at radius 1 is 1.57 bits per heavy atom. The second kappa shape index (κ2) is 3.63. The molecule has 1 aliphatic rings. The lowest BCUT2D eigenvalue weighted by Crippen LogP contribution is -2.32. The fourth-order valence-electron chi connectivity index (χ4n) is 1.70. The van der Waals surface area contributed by atoms with E-state index in [1.807, 2.05) is 0 Å². The molecule has 0 bridgehead atoms. The number of carbonyl (C=O) groups is 1. The summed E-state index contributed by atoms with van der Waals surface area (Å²) in [5.41, 5.74) is 4.52. The maximum atomic E-state index is 12.3. The molecule has 0 radical (unpaired) electrons. The van der Waals surface area contributed by atoms with Crippen LogP contribution in [0.1, 0.15) is 19.8 Å². The molecule has 14 heavy (non-hydrogen) atoms. The molecule has 5 heteroatoms. The molecule has 80 valence electrons. The summed E-state index contributed by atoms with van der Waals surface area (Å²) < 4.78 is 36.8. The Morgan fingerprint density at radius 2 is 2.14 bits per heavy atom. The van der Waals surface area contributed by atoms with Gasteiger partial charge in [-0.25, -0.2) is 0 Å². The van der Waals surface area contributed by atoms with Gasteiger partial charge in [-0.1, -0.05) is 13.0 Å². The van der Waals surface area contributed by atoms with Gasteiger partial charge in [0.05, 0.1) is 0 Å². The van der Waals surface area contributed by atoms with Crippen LogP contribution in [0, 0.1) is 11.8 Å². The third kappa shape index (κ3) is 2.27. The molecule has 0 aromatic carbocycles. The first-order valence-electron chi connectivity index (χ1n) is 4.38. The van der Waals surface area contributed by atoms with Crippen molar-refractivity contribution in [1.82, 2.24) is 0 Å². The van der Waals surface area contributed by atoms with Crippen molar-refractivity contribution in [2.45, 2.75) is 25.9 Å². The first kappa shape index (κ1) is 11.1. The van der Waals surface area contributed by atoms with Gasteiger partial charge in [0.1, 0.15) is 0 Å². The lowest BCUT2D eigenvalue weighted by Gasteiger charge is -2.27. The van der Waals surface area contributed by atoms with Gasteiger partial charge >= 0.3 is 6.18 Å². The molecular weight excluding hydrogens is 195 g/mol. The molecule has 0 heterocycles. The van der Waals surface area contributed by atoms with Gasteiger partial charge < -0.3 is 5.73 Å². The number of allylic oxidation sites excluding steroid dienone is 2. The van der Waals surface area contributed by atoms with Crippen molar-refractivity contribution < 1.29 is 18.0 Å². The smallest absolute Gasteiger partial charge is 0.369 e. The average molecular weight is 207 g/mol. The summed E-state index contributed by atoms with van der Waals surface area (Å²) >= 11 is 0. The molecule has 1 amide bonds. The highest BCUT2D eigenvalue weighted by molar-refractivity contribution is 5.77. The molecule has 2 unspecified atom stereocenters. The number of nitrogens with two attached hydrogens (primary N) is 1. The zero-order valence-corrected chi connectivity index (χ0v) is 7.77. The minimum Gasteiger partial charge on any atom is -0.369 e. The van der Waals surface area contributed by atoms with Crippen molar-refractivity contribution in [3.63, 3.8) is 0 Å². The van der Waals surface area contributed by atoms with Crippen molar-refractivity contribution in [1.29, 1.82) is 0 Å². The van der Waals surface area contributed by atoms with Gasteiger partial charge in [-0.2, -0.15) is 13.2 Å². The molecule has 0 aliphatic heterocycles. The van der Waals surface area contributed by atoms with Crippen LogP contribution < -0.4 is 5.73 Å². The van der Waals surface area contributed by atoms with E-state index in [1.54, 1.807) is 6.92 Å². The summed E-state index contributed by atoms with van der Waals surface area (Å²) in [5.74, 6) is -1.30. The van der Waals surface area contributed by atoms with E-state index in [-0.39, 0.29) is 18.8 Å². The third-order valence-corrected chi connectivity index (χ3v) is 2.58. The van der Waals surface area contributed by atoms with E-state index < -0.39 is 23.6 Å². The topological polar surface area (TPSA) is 43.1 Å². The summed E-state index contributed by atoms with van der Waals surface area (Å²) in [4.78, 5) is 10.8. The molecule has 2 N–H and O–H groups in total. The van der Waals surface area contributed by atoms with Crippen LogP contribution in [0.2, 0.25) is 0 Å². The second-order valence-corrected chi connectivity index (χ2v) is 3.65. The first-order valence-corrected chi connectivity index (χ1v) is 4.38. The van der Waals surface area contributed by atoms with Gasteiger partial charge in [0.15, 0.2) is 0 Å². The molecule has 2 atom stereocenters. The Bertz CT molecular complexity index is 270. The van der Waals surface area contributed by atoms with E-state index in [2.05, 4.69) is 0 Å². The Hall–Kier alpha value is -1.00. The number of halogens is 3. The minimum absolute atomic E-state index is 0.103. The largest absolute Gasteiger partial charge is 0.412 e. The van der Waals surface area contributed by atoms with Gasteiger partial charge in [-0.05, 0) is 18.8 Å². The van der Waals surface area contributed by atoms with Gasteiger partial charge in [-0.15, -0.1) is 0 Å². The quantitative estimate of drug-likeness (QED) is 0.656. The lowest BCUT2D eigenvalue weighted by atomic mass is 9.80. The Morgan fingerprint density at radius 3 is 2.50 bits per heavy atom. The van der Waals surface area contributed by atoms with Crippen molar-refractivity contribution in [2.75, 3.05) is 0 Å². The maximum Gasteiger partial charge on any atom is 0.412 e. The minimum atomic E-state index is -4.27. The number of carbonyl (C=O) groups excluding carboxylic acids is 1. The van der Waals surface area contributed by atoms with Gasteiger partial charge in [0.25, 0.3) is 0 Å². The third-order valence-electron chi connectivity index (χ3n) is 2.58. The summed E-state index contributed by atoms with van der Waals surface area (Å²) in [7, 11) is 0. The second-order valence-electron chi connectivity index (χ2n) is 3.65. The lowest BCUT2D eigenvalue weighted by molar-refractivity contribution is -0.124. The van der Waals surface area contributed by atoms with E-state index in [1.165, 1.54) is 0 Å². The van der Waals surface area contributed by atoms with Crippen molar-refractivity contribution in [3.8, 4) is 0 Å². The van der Waals surface area contributed by atoms with Crippen LogP contribution in [0.5, 0.6) is 0 Å². The number of hydrogen-bond acceptors (Lipinski definition) is 1. The van der Waals surface area contributed by atoms with Crippen LogP contribution in [0.15, 0.2) is 11.6 Å². The van der Waals surface area contributed by atoms with Crippen LogP contribution in [0.3, 0.4) is 0 Å². The molecule has 1 rings (SSSR count). The van der Waals surface area contributed by atoms with Gasteiger partial charge in [0.2, 0.25) is 5.91 Å². The molecule has 2 nitrogen and oxygen atoms in total. The zero-order valence-electron chi connectivity index (χ0n) is 7.77. The molecule has 0 aromatic heterocycles. The predicted octanol–water partition coefficient (Wildman–Crippen LogP) is 2.01. The zero-order chi connectivity index (χ0) is 10.9. The Kier molecular flexibility index (Phi) is 2.87. The summed E-state index contributed by atoms with van der Waals surface area (Å²) in [6, 6.07) is 0. The molecule has 1 aliphatic carbocycles. The number of amides is 1.